The number of carbonyl (C=O) groups is 1. The summed E-state index contributed by atoms with van der Waals surface area (Å²) < 4.78 is 21.5. The van der Waals surface area contributed by atoms with E-state index in [1.54, 1.807) is 36.8 Å². The molecule has 0 spiro atoms. The highest BCUT2D eigenvalue weighted by atomic mass is 32.1. The van der Waals surface area contributed by atoms with E-state index in [0.717, 1.165) is 11.5 Å². The van der Waals surface area contributed by atoms with E-state index in [0.29, 0.717) is 17.4 Å². The second-order valence-corrected chi connectivity index (χ2v) is 6.83. The van der Waals surface area contributed by atoms with E-state index in [9.17, 15) is 4.79 Å². The lowest BCUT2D eigenvalue weighted by Crippen LogP contribution is -2.12. The smallest absolute Gasteiger partial charge is 0.357 e. The lowest BCUT2D eigenvalue weighted by atomic mass is 10.2. The standard InChI is InChI=1S/C21H21NO5S/c1-15-3-5-18(6-4-15)27-13-20-22-19(14-28-20)21(23)26-12-11-25-17-9-7-16(24-2)8-10-17/h3-10,14H,11-13H2,1-2H3. The van der Waals surface area contributed by atoms with Crippen molar-refractivity contribution in [2.24, 2.45) is 0 Å². The summed E-state index contributed by atoms with van der Waals surface area (Å²) in [4.78, 5) is 16.3. The van der Waals surface area contributed by atoms with Gasteiger partial charge in [-0.25, -0.2) is 9.78 Å². The summed E-state index contributed by atoms with van der Waals surface area (Å²) in [5.74, 6) is 1.72. The lowest BCUT2D eigenvalue weighted by Gasteiger charge is -2.07. The van der Waals surface area contributed by atoms with Crippen molar-refractivity contribution in [1.29, 1.82) is 0 Å². The van der Waals surface area contributed by atoms with Gasteiger partial charge < -0.3 is 18.9 Å². The van der Waals surface area contributed by atoms with Crippen LogP contribution in [0.4, 0.5) is 0 Å². The molecule has 1 heterocycles. The summed E-state index contributed by atoms with van der Waals surface area (Å²) >= 11 is 1.36. The Morgan fingerprint density at radius 3 is 2.29 bits per heavy atom. The molecule has 0 N–H and O–H groups in total. The summed E-state index contributed by atoms with van der Waals surface area (Å²) in [6.07, 6.45) is 0. The van der Waals surface area contributed by atoms with Gasteiger partial charge in [0, 0.05) is 5.38 Å². The van der Waals surface area contributed by atoms with Crippen molar-refractivity contribution in [3.63, 3.8) is 0 Å². The van der Waals surface area contributed by atoms with Crippen LogP contribution < -0.4 is 14.2 Å². The first-order valence-corrected chi connectivity index (χ1v) is 9.60. The van der Waals surface area contributed by atoms with Crippen LogP contribution in [0.15, 0.2) is 53.9 Å². The highest BCUT2D eigenvalue weighted by molar-refractivity contribution is 7.09. The van der Waals surface area contributed by atoms with Gasteiger partial charge in [0.25, 0.3) is 0 Å². The first-order chi connectivity index (χ1) is 13.6. The van der Waals surface area contributed by atoms with Gasteiger partial charge in [-0.2, -0.15) is 0 Å². The second-order valence-electron chi connectivity index (χ2n) is 5.89. The number of hydrogen-bond acceptors (Lipinski definition) is 7. The van der Waals surface area contributed by atoms with Gasteiger partial charge in [-0.3, -0.25) is 0 Å². The van der Waals surface area contributed by atoms with Gasteiger partial charge in [0.15, 0.2) is 5.69 Å². The van der Waals surface area contributed by atoms with Crippen LogP contribution in [0.5, 0.6) is 17.2 Å². The maximum Gasteiger partial charge on any atom is 0.357 e. The maximum atomic E-state index is 12.1. The zero-order valence-corrected chi connectivity index (χ0v) is 16.5. The zero-order valence-electron chi connectivity index (χ0n) is 15.7. The highest BCUT2D eigenvalue weighted by Crippen LogP contribution is 2.18. The van der Waals surface area contributed by atoms with Crippen molar-refractivity contribution < 1.29 is 23.7 Å². The summed E-state index contributed by atoms with van der Waals surface area (Å²) in [6, 6.07) is 15.0. The third-order valence-corrected chi connectivity index (χ3v) is 4.61. The number of thiazole rings is 1. The van der Waals surface area contributed by atoms with Crippen molar-refractivity contribution in [3.05, 3.63) is 70.2 Å². The molecule has 0 aliphatic rings. The molecule has 0 saturated carbocycles. The minimum atomic E-state index is -0.476. The van der Waals surface area contributed by atoms with Crippen molar-refractivity contribution in [2.75, 3.05) is 20.3 Å². The molecule has 3 rings (SSSR count). The van der Waals surface area contributed by atoms with Crippen LogP contribution in [-0.4, -0.2) is 31.3 Å². The summed E-state index contributed by atoms with van der Waals surface area (Å²) in [7, 11) is 1.61. The number of benzene rings is 2. The Hall–Kier alpha value is -3.06. The molecule has 0 amide bonds. The number of nitrogens with zero attached hydrogens (tertiary/aromatic N) is 1. The van der Waals surface area contributed by atoms with Gasteiger partial charge in [0.2, 0.25) is 0 Å². The number of methoxy groups -OCH3 is 1. The molecule has 146 valence electrons. The number of rotatable bonds is 9. The Morgan fingerprint density at radius 1 is 0.929 bits per heavy atom. The van der Waals surface area contributed by atoms with E-state index < -0.39 is 5.97 Å². The van der Waals surface area contributed by atoms with Crippen LogP contribution in [-0.2, 0) is 11.3 Å². The SMILES string of the molecule is COc1ccc(OCCOC(=O)c2csc(COc3ccc(C)cc3)n2)cc1. The first-order valence-electron chi connectivity index (χ1n) is 8.72. The number of hydrogen-bond donors (Lipinski definition) is 0. The van der Waals surface area contributed by atoms with Crippen molar-refractivity contribution in [3.8, 4) is 17.2 Å². The zero-order chi connectivity index (χ0) is 19.8. The summed E-state index contributed by atoms with van der Waals surface area (Å²) in [5, 5.41) is 2.38. The molecule has 0 aliphatic carbocycles. The second kappa shape index (κ2) is 9.75. The lowest BCUT2D eigenvalue weighted by molar-refractivity contribution is 0.0444. The monoisotopic (exact) mass is 399 g/mol. The molecule has 3 aromatic rings. The summed E-state index contributed by atoms with van der Waals surface area (Å²) in [6.45, 7) is 2.72. The molecule has 0 aliphatic heterocycles. The van der Waals surface area contributed by atoms with E-state index in [4.69, 9.17) is 18.9 Å². The molecule has 2 aromatic carbocycles. The predicted molar refractivity (Wildman–Crippen MR) is 106 cm³/mol. The Labute approximate surface area is 167 Å². The molecule has 28 heavy (non-hydrogen) atoms. The quantitative estimate of drug-likeness (QED) is 0.395. The van der Waals surface area contributed by atoms with Gasteiger partial charge in [-0.05, 0) is 43.3 Å². The highest BCUT2D eigenvalue weighted by Gasteiger charge is 2.12. The molecule has 0 fully saturated rings. The van der Waals surface area contributed by atoms with E-state index in [1.807, 2.05) is 31.2 Å². The van der Waals surface area contributed by atoms with E-state index >= 15 is 0 Å². The number of esters is 1. The van der Waals surface area contributed by atoms with E-state index in [-0.39, 0.29) is 18.9 Å². The van der Waals surface area contributed by atoms with Gasteiger partial charge in [-0.1, -0.05) is 17.7 Å². The fraction of sp³-hybridized carbons (Fsp3) is 0.238. The molecule has 0 saturated heterocycles. The Balaban J connectivity index is 1.40. The molecule has 6 nitrogen and oxygen atoms in total. The van der Waals surface area contributed by atoms with E-state index in [1.165, 1.54) is 16.9 Å². The molecule has 1 aromatic heterocycles. The van der Waals surface area contributed by atoms with Crippen LogP contribution in [0.3, 0.4) is 0 Å². The molecule has 0 bridgehead atoms. The van der Waals surface area contributed by atoms with E-state index in [2.05, 4.69) is 4.98 Å². The number of ether oxygens (including phenoxy) is 4. The van der Waals surface area contributed by atoms with Gasteiger partial charge in [0.1, 0.15) is 42.1 Å². The fourth-order valence-electron chi connectivity index (χ4n) is 2.29. The average Bonchev–Trinajstić information content (AvgIpc) is 3.20. The largest absolute Gasteiger partial charge is 0.497 e. The van der Waals surface area contributed by atoms with Gasteiger partial charge in [0.05, 0.1) is 7.11 Å². The van der Waals surface area contributed by atoms with Crippen molar-refractivity contribution in [2.45, 2.75) is 13.5 Å². The Kier molecular flexibility index (Phi) is 6.86. The van der Waals surface area contributed by atoms with Crippen LogP contribution in [0.1, 0.15) is 21.1 Å². The van der Waals surface area contributed by atoms with Crippen LogP contribution in [0, 0.1) is 6.92 Å². The predicted octanol–water partition coefficient (Wildman–Crippen LogP) is 4.27. The van der Waals surface area contributed by atoms with Crippen LogP contribution >= 0.6 is 11.3 Å². The number of carbonyl (C=O) groups excluding carboxylic acids is 1. The molecular weight excluding hydrogens is 378 g/mol. The van der Waals surface area contributed by atoms with Crippen LogP contribution in [0.25, 0.3) is 0 Å². The van der Waals surface area contributed by atoms with Crippen LogP contribution in [0.2, 0.25) is 0 Å². The normalized spacial score (nSPS) is 10.4. The van der Waals surface area contributed by atoms with Gasteiger partial charge in [-0.15, -0.1) is 11.3 Å². The Morgan fingerprint density at radius 2 is 1.57 bits per heavy atom. The van der Waals surface area contributed by atoms with Crippen molar-refractivity contribution in [1.82, 2.24) is 4.98 Å². The molecule has 7 heteroatoms. The third-order valence-electron chi connectivity index (χ3n) is 3.79. The van der Waals surface area contributed by atoms with Gasteiger partial charge >= 0.3 is 5.97 Å². The third kappa shape index (κ3) is 5.72. The van der Waals surface area contributed by atoms with Crippen molar-refractivity contribution >= 4 is 17.3 Å². The molecule has 0 unspecified atom stereocenters. The fourth-order valence-corrected chi connectivity index (χ4v) is 2.96. The first kappa shape index (κ1) is 19.7. The number of aryl methyl sites for hydroxylation is 1. The minimum absolute atomic E-state index is 0.136. The molecule has 0 radical (unpaired) electrons. The topological polar surface area (TPSA) is 66.9 Å². The summed E-state index contributed by atoms with van der Waals surface area (Å²) in [5.41, 5.74) is 1.44. The minimum Gasteiger partial charge on any atom is -0.497 e. The number of aromatic nitrogens is 1. The average molecular weight is 399 g/mol. The molecule has 0 atom stereocenters. The maximum absolute atomic E-state index is 12.1. The molecular formula is C21H21NO5S. The Bertz CT molecular complexity index is 890.